The van der Waals surface area contributed by atoms with Crippen molar-refractivity contribution in [2.75, 3.05) is 7.11 Å². The first-order valence-electron chi connectivity index (χ1n) is 5.09. The Bertz CT molecular complexity index is 296. The van der Waals surface area contributed by atoms with Crippen molar-refractivity contribution in [2.24, 2.45) is 0 Å². The van der Waals surface area contributed by atoms with Crippen LogP contribution in [0.15, 0.2) is 0 Å². The van der Waals surface area contributed by atoms with Crippen LogP contribution in [0, 0.1) is 0 Å². The van der Waals surface area contributed by atoms with Crippen molar-refractivity contribution in [2.45, 2.75) is 39.2 Å². The van der Waals surface area contributed by atoms with Crippen LogP contribution in [0.25, 0.3) is 0 Å². The molecule has 0 fully saturated rings. The number of carbonyl (C=O) groups is 3. The maximum Gasteiger partial charge on any atom is 0.426 e. The predicted molar refractivity (Wildman–Crippen MR) is 58.8 cm³/mol. The molecular formula is C10H18N2O5. The highest BCUT2D eigenvalue weighted by Crippen LogP contribution is 2.05. The third kappa shape index (κ3) is 9.16. The van der Waals surface area contributed by atoms with Gasteiger partial charge in [-0.15, -0.1) is 0 Å². The zero-order valence-electron chi connectivity index (χ0n) is 10.5. The number of rotatable bonds is 3. The molecule has 7 nitrogen and oxygen atoms in total. The van der Waals surface area contributed by atoms with E-state index < -0.39 is 23.6 Å². The van der Waals surface area contributed by atoms with Crippen LogP contribution in [-0.2, 0) is 19.1 Å². The Balaban J connectivity index is 3.77. The van der Waals surface area contributed by atoms with Gasteiger partial charge in [-0.1, -0.05) is 0 Å². The summed E-state index contributed by atoms with van der Waals surface area (Å²) in [5.74, 6) is -0.987. The van der Waals surface area contributed by atoms with Crippen LogP contribution >= 0.6 is 0 Å². The van der Waals surface area contributed by atoms with Gasteiger partial charge in [-0.2, -0.15) is 0 Å². The molecule has 0 atom stereocenters. The molecule has 0 saturated carbocycles. The zero-order valence-corrected chi connectivity index (χ0v) is 10.5. The summed E-state index contributed by atoms with van der Waals surface area (Å²) in [7, 11) is 1.24. The van der Waals surface area contributed by atoms with Crippen LogP contribution in [0.2, 0.25) is 0 Å². The van der Waals surface area contributed by atoms with E-state index in [-0.39, 0.29) is 12.8 Å². The van der Waals surface area contributed by atoms with Gasteiger partial charge in [-0.3, -0.25) is 15.0 Å². The molecule has 0 radical (unpaired) electrons. The first-order valence-corrected chi connectivity index (χ1v) is 5.09. The fourth-order valence-electron chi connectivity index (χ4n) is 0.805. The van der Waals surface area contributed by atoms with Crippen molar-refractivity contribution < 1.29 is 23.9 Å². The number of amides is 2. The lowest BCUT2D eigenvalue weighted by Crippen LogP contribution is -2.44. The number of hydrogen-bond acceptors (Lipinski definition) is 5. The van der Waals surface area contributed by atoms with Crippen molar-refractivity contribution in [3.63, 3.8) is 0 Å². The molecule has 7 heteroatoms. The fourth-order valence-corrected chi connectivity index (χ4v) is 0.805. The third-order valence-electron chi connectivity index (χ3n) is 1.49. The predicted octanol–water partition coefficient (Wildman–Crippen LogP) is 0.495. The van der Waals surface area contributed by atoms with E-state index in [1.807, 2.05) is 0 Å². The summed E-state index contributed by atoms with van der Waals surface area (Å²) in [6.07, 6.45) is -0.871. The molecule has 0 aliphatic carbocycles. The van der Waals surface area contributed by atoms with E-state index >= 15 is 0 Å². The summed E-state index contributed by atoms with van der Waals surface area (Å²) in [4.78, 5) is 33.0. The average Bonchev–Trinajstić information content (AvgIpc) is 2.20. The lowest BCUT2D eigenvalue weighted by molar-refractivity contribution is -0.142. The molecule has 0 aromatic carbocycles. The third-order valence-corrected chi connectivity index (χ3v) is 1.49. The minimum Gasteiger partial charge on any atom is -0.469 e. The first kappa shape index (κ1) is 15.2. The molecule has 0 aliphatic heterocycles. The molecule has 0 aliphatic rings. The Morgan fingerprint density at radius 2 is 1.65 bits per heavy atom. The molecule has 17 heavy (non-hydrogen) atoms. The van der Waals surface area contributed by atoms with Crippen molar-refractivity contribution in [1.29, 1.82) is 0 Å². The smallest absolute Gasteiger partial charge is 0.426 e. The van der Waals surface area contributed by atoms with Gasteiger partial charge < -0.3 is 9.47 Å². The summed E-state index contributed by atoms with van der Waals surface area (Å²) >= 11 is 0. The number of nitrogens with one attached hydrogen (secondary N) is 2. The van der Waals surface area contributed by atoms with Gasteiger partial charge in [0.25, 0.3) is 0 Å². The molecule has 0 bridgehead atoms. The summed E-state index contributed by atoms with van der Waals surface area (Å²) in [5, 5.41) is 0. The zero-order chi connectivity index (χ0) is 13.5. The Kier molecular flexibility index (Phi) is 6.01. The van der Waals surface area contributed by atoms with Gasteiger partial charge in [0.1, 0.15) is 5.60 Å². The number of ether oxygens (including phenoxy) is 2. The van der Waals surface area contributed by atoms with Gasteiger partial charge in [0.2, 0.25) is 5.91 Å². The molecule has 98 valence electrons. The quantitative estimate of drug-likeness (QED) is 0.558. The van der Waals surface area contributed by atoms with E-state index in [0.29, 0.717) is 0 Å². The van der Waals surface area contributed by atoms with Gasteiger partial charge in [-0.25, -0.2) is 10.2 Å². The van der Waals surface area contributed by atoms with E-state index in [4.69, 9.17) is 4.74 Å². The van der Waals surface area contributed by atoms with Crippen LogP contribution in [0.5, 0.6) is 0 Å². The number of hydrazine groups is 1. The van der Waals surface area contributed by atoms with Crippen molar-refractivity contribution in [3.05, 3.63) is 0 Å². The van der Waals surface area contributed by atoms with Crippen LogP contribution in [0.3, 0.4) is 0 Å². The second-order valence-corrected chi connectivity index (χ2v) is 4.25. The van der Waals surface area contributed by atoms with Gasteiger partial charge >= 0.3 is 12.1 Å². The fraction of sp³-hybridized carbons (Fsp3) is 0.700. The minimum absolute atomic E-state index is 0.0433. The SMILES string of the molecule is COC(=O)CCC(=O)NNC(=O)OC(C)(C)C. The van der Waals surface area contributed by atoms with Crippen molar-refractivity contribution in [3.8, 4) is 0 Å². The molecular weight excluding hydrogens is 228 g/mol. The average molecular weight is 246 g/mol. The largest absolute Gasteiger partial charge is 0.469 e. The summed E-state index contributed by atoms with van der Waals surface area (Å²) in [6, 6.07) is 0. The molecule has 0 rings (SSSR count). The van der Waals surface area contributed by atoms with E-state index in [9.17, 15) is 14.4 Å². The summed E-state index contributed by atoms with van der Waals surface area (Å²) < 4.78 is 9.24. The van der Waals surface area contributed by atoms with Crippen molar-refractivity contribution >= 4 is 18.0 Å². The lowest BCUT2D eigenvalue weighted by atomic mass is 10.2. The number of esters is 1. The normalized spacial score (nSPS) is 10.4. The van der Waals surface area contributed by atoms with Gasteiger partial charge in [-0.05, 0) is 20.8 Å². The molecule has 0 heterocycles. The standard InChI is InChI=1S/C10H18N2O5/c1-10(2,3)17-9(15)12-11-7(13)5-6-8(14)16-4/h5-6H2,1-4H3,(H,11,13)(H,12,15). The Labute approximate surface area is 99.8 Å². The highest BCUT2D eigenvalue weighted by atomic mass is 16.6. The molecule has 2 amide bonds. The van der Waals surface area contributed by atoms with Crippen LogP contribution in [0.1, 0.15) is 33.6 Å². The maximum atomic E-state index is 11.1. The second kappa shape index (κ2) is 6.72. The Morgan fingerprint density at radius 1 is 1.06 bits per heavy atom. The Hall–Kier alpha value is -1.79. The van der Waals surface area contributed by atoms with E-state index in [0.717, 1.165) is 0 Å². The van der Waals surface area contributed by atoms with Crippen LogP contribution in [0.4, 0.5) is 4.79 Å². The summed E-state index contributed by atoms with van der Waals surface area (Å²) in [5.41, 5.74) is 3.54. The van der Waals surface area contributed by atoms with E-state index in [1.54, 1.807) is 20.8 Å². The molecule has 0 aromatic rings. The molecule has 0 aromatic heterocycles. The van der Waals surface area contributed by atoms with Crippen molar-refractivity contribution in [1.82, 2.24) is 10.9 Å². The first-order chi connectivity index (χ1) is 7.74. The monoisotopic (exact) mass is 246 g/mol. The highest BCUT2D eigenvalue weighted by Gasteiger charge is 2.16. The van der Waals surface area contributed by atoms with Crippen LogP contribution in [-0.4, -0.2) is 30.7 Å². The topological polar surface area (TPSA) is 93.7 Å². The minimum atomic E-state index is -0.760. The highest BCUT2D eigenvalue weighted by molar-refractivity contribution is 5.82. The van der Waals surface area contributed by atoms with Gasteiger partial charge in [0.15, 0.2) is 0 Å². The lowest BCUT2D eigenvalue weighted by Gasteiger charge is -2.19. The molecule has 2 N–H and O–H groups in total. The molecule has 0 unspecified atom stereocenters. The molecule has 0 saturated heterocycles. The van der Waals surface area contributed by atoms with Crippen LogP contribution < -0.4 is 10.9 Å². The number of hydrogen-bond donors (Lipinski definition) is 2. The molecule has 0 spiro atoms. The van der Waals surface area contributed by atoms with E-state index in [1.165, 1.54) is 7.11 Å². The van der Waals surface area contributed by atoms with Gasteiger partial charge in [0.05, 0.1) is 13.5 Å². The number of methoxy groups -OCH3 is 1. The van der Waals surface area contributed by atoms with E-state index in [2.05, 4.69) is 15.6 Å². The second-order valence-electron chi connectivity index (χ2n) is 4.25. The summed E-state index contributed by atoms with van der Waals surface area (Å²) in [6.45, 7) is 5.10. The Morgan fingerprint density at radius 3 is 2.12 bits per heavy atom. The van der Waals surface area contributed by atoms with Gasteiger partial charge in [0, 0.05) is 6.42 Å². The maximum absolute atomic E-state index is 11.1. The number of carbonyl (C=O) groups excluding carboxylic acids is 3.